The highest BCUT2D eigenvalue weighted by molar-refractivity contribution is 7.18. The fraction of sp³-hybridized carbons (Fsp3) is 0.600. The van der Waals surface area contributed by atoms with Crippen molar-refractivity contribution in [3.63, 3.8) is 0 Å². The molecule has 1 aliphatic rings. The molecule has 0 saturated heterocycles. The van der Waals surface area contributed by atoms with Gasteiger partial charge in [-0.1, -0.05) is 6.92 Å². The molecule has 0 spiro atoms. The van der Waals surface area contributed by atoms with Crippen molar-refractivity contribution in [3.05, 3.63) is 26.6 Å². The molecule has 0 aliphatic heterocycles. The van der Waals surface area contributed by atoms with E-state index in [-0.39, 0.29) is 12.1 Å². The van der Waals surface area contributed by atoms with Gasteiger partial charge in [0.15, 0.2) is 0 Å². The van der Waals surface area contributed by atoms with E-state index in [9.17, 15) is 9.18 Å². The van der Waals surface area contributed by atoms with E-state index in [2.05, 4.69) is 11.9 Å². The highest BCUT2D eigenvalue weighted by atomic mass is 32.1. The topological polar surface area (TPSA) is 34.9 Å². The number of rotatable bonds is 4. The lowest BCUT2D eigenvalue weighted by Crippen LogP contribution is -2.26. The van der Waals surface area contributed by atoms with E-state index in [0.717, 1.165) is 48.1 Å². The average molecular weight is 294 g/mol. The van der Waals surface area contributed by atoms with Gasteiger partial charge >= 0.3 is 0 Å². The fourth-order valence-electron chi connectivity index (χ4n) is 3.01. The predicted octanol–water partition coefficient (Wildman–Crippen LogP) is 3.26. The normalized spacial score (nSPS) is 14.7. The summed E-state index contributed by atoms with van der Waals surface area (Å²) >= 11 is 1.66. The van der Waals surface area contributed by atoms with E-state index < -0.39 is 6.67 Å². The van der Waals surface area contributed by atoms with Crippen LogP contribution in [0.15, 0.2) is 4.79 Å². The highest BCUT2D eigenvalue weighted by Crippen LogP contribution is 2.33. The number of aromatic nitrogens is 2. The molecule has 5 heteroatoms. The third-order valence-corrected chi connectivity index (χ3v) is 5.12. The van der Waals surface area contributed by atoms with Crippen LogP contribution < -0.4 is 5.56 Å². The number of hydrogen-bond acceptors (Lipinski definition) is 3. The molecule has 3 rings (SSSR count). The summed E-state index contributed by atoms with van der Waals surface area (Å²) in [4.78, 5) is 19.6. The third kappa shape index (κ3) is 2.18. The second-order valence-corrected chi connectivity index (χ2v) is 6.40. The molecule has 2 aromatic rings. The van der Waals surface area contributed by atoms with Crippen LogP contribution in [0.2, 0.25) is 0 Å². The highest BCUT2D eigenvalue weighted by Gasteiger charge is 2.21. The minimum Gasteiger partial charge on any atom is -0.293 e. The van der Waals surface area contributed by atoms with Crippen LogP contribution in [0.4, 0.5) is 4.39 Å². The van der Waals surface area contributed by atoms with Gasteiger partial charge in [0.25, 0.3) is 5.56 Å². The molecule has 2 aromatic heterocycles. The number of aryl methyl sites for hydroxylation is 3. The quantitative estimate of drug-likeness (QED) is 0.867. The summed E-state index contributed by atoms with van der Waals surface area (Å²) in [5, 5.41) is 0.762. The molecule has 20 heavy (non-hydrogen) atoms. The van der Waals surface area contributed by atoms with E-state index in [1.807, 2.05) is 0 Å². The lowest BCUT2D eigenvalue weighted by Gasteiger charge is -2.12. The van der Waals surface area contributed by atoms with Crippen LogP contribution in [0, 0.1) is 0 Å². The zero-order valence-corrected chi connectivity index (χ0v) is 12.6. The average Bonchev–Trinajstić information content (AvgIpc) is 2.81. The molecule has 0 saturated carbocycles. The van der Waals surface area contributed by atoms with Crippen LogP contribution in [-0.2, 0) is 25.8 Å². The van der Waals surface area contributed by atoms with Crippen molar-refractivity contribution in [1.29, 1.82) is 0 Å². The fourth-order valence-corrected chi connectivity index (χ4v) is 4.28. The number of hydrogen-bond donors (Lipinski definition) is 0. The molecule has 0 amide bonds. The molecule has 0 unspecified atom stereocenters. The molecule has 0 aromatic carbocycles. The first kappa shape index (κ1) is 13.7. The van der Waals surface area contributed by atoms with Crippen molar-refractivity contribution in [2.45, 2.75) is 52.0 Å². The Labute approximate surface area is 121 Å². The maximum atomic E-state index is 12.8. The van der Waals surface area contributed by atoms with Crippen LogP contribution >= 0.6 is 11.3 Å². The minimum atomic E-state index is -0.518. The maximum absolute atomic E-state index is 12.8. The smallest absolute Gasteiger partial charge is 0.262 e. The molecule has 108 valence electrons. The third-order valence-electron chi connectivity index (χ3n) is 3.94. The molecule has 0 radical (unpaired) electrons. The SMILES string of the molecule is CCCc1nc2sc3c(c2c(=O)n1CCF)CCCC3. The summed E-state index contributed by atoms with van der Waals surface area (Å²) in [6, 6.07) is 0. The van der Waals surface area contributed by atoms with Gasteiger partial charge in [-0.15, -0.1) is 11.3 Å². The monoisotopic (exact) mass is 294 g/mol. The Morgan fingerprint density at radius 3 is 2.90 bits per heavy atom. The van der Waals surface area contributed by atoms with E-state index in [4.69, 9.17) is 0 Å². The van der Waals surface area contributed by atoms with E-state index in [1.54, 1.807) is 15.9 Å². The second kappa shape index (κ2) is 5.64. The van der Waals surface area contributed by atoms with Gasteiger partial charge in [0.05, 0.1) is 11.9 Å². The van der Waals surface area contributed by atoms with Crippen molar-refractivity contribution < 1.29 is 4.39 Å². The first-order valence-corrected chi connectivity index (χ1v) is 8.17. The van der Waals surface area contributed by atoms with Crippen LogP contribution in [0.1, 0.15) is 42.5 Å². The summed E-state index contributed by atoms with van der Waals surface area (Å²) < 4.78 is 14.3. The predicted molar refractivity (Wildman–Crippen MR) is 80.5 cm³/mol. The Hall–Kier alpha value is -1.23. The van der Waals surface area contributed by atoms with Crippen molar-refractivity contribution >= 4 is 21.6 Å². The van der Waals surface area contributed by atoms with Crippen molar-refractivity contribution in [2.24, 2.45) is 0 Å². The summed E-state index contributed by atoms with van der Waals surface area (Å²) in [6.45, 7) is 1.66. The summed E-state index contributed by atoms with van der Waals surface area (Å²) in [7, 11) is 0. The van der Waals surface area contributed by atoms with Gasteiger partial charge in [-0.05, 0) is 37.7 Å². The first-order valence-electron chi connectivity index (χ1n) is 7.36. The summed E-state index contributed by atoms with van der Waals surface area (Å²) in [5.74, 6) is 0.737. The molecule has 2 heterocycles. The molecule has 0 N–H and O–H groups in total. The van der Waals surface area contributed by atoms with E-state index in [1.165, 1.54) is 16.9 Å². The lowest BCUT2D eigenvalue weighted by molar-refractivity contribution is 0.431. The van der Waals surface area contributed by atoms with Crippen LogP contribution in [0.5, 0.6) is 0 Å². The van der Waals surface area contributed by atoms with Crippen LogP contribution in [0.25, 0.3) is 10.2 Å². The van der Waals surface area contributed by atoms with Crippen LogP contribution in [0.3, 0.4) is 0 Å². The molecule has 0 fully saturated rings. The number of fused-ring (bicyclic) bond motifs is 3. The summed E-state index contributed by atoms with van der Waals surface area (Å²) in [5.41, 5.74) is 1.15. The van der Waals surface area contributed by atoms with Gasteiger partial charge in [-0.2, -0.15) is 0 Å². The Morgan fingerprint density at radius 2 is 2.15 bits per heavy atom. The first-order chi connectivity index (χ1) is 9.76. The molecule has 0 bridgehead atoms. The zero-order valence-electron chi connectivity index (χ0n) is 11.7. The van der Waals surface area contributed by atoms with Gasteiger partial charge in [0.2, 0.25) is 0 Å². The molecular formula is C15H19FN2OS. The molecule has 0 atom stereocenters. The number of halogens is 1. The van der Waals surface area contributed by atoms with E-state index in [0.29, 0.717) is 0 Å². The Kier molecular flexibility index (Phi) is 3.87. The van der Waals surface area contributed by atoms with Crippen molar-refractivity contribution in [1.82, 2.24) is 9.55 Å². The second-order valence-electron chi connectivity index (χ2n) is 5.31. The van der Waals surface area contributed by atoms with Gasteiger partial charge < -0.3 is 0 Å². The molecule has 1 aliphatic carbocycles. The Balaban J connectivity index is 2.26. The maximum Gasteiger partial charge on any atom is 0.262 e. The van der Waals surface area contributed by atoms with Gasteiger partial charge in [0, 0.05) is 11.3 Å². The van der Waals surface area contributed by atoms with E-state index >= 15 is 0 Å². The zero-order chi connectivity index (χ0) is 14.1. The standard InChI is InChI=1S/C15H19FN2OS/c1-2-5-12-17-14-13(15(19)18(12)9-8-16)10-6-3-4-7-11(10)20-14/h2-9H2,1H3. The van der Waals surface area contributed by atoms with Crippen LogP contribution in [-0.4, -0.2) is 16.2 Å². The number of nitrogens with zero attached hydrogens (tertiary/aromatic N) is 2. The number of alkyl halides is 1. The largest absolute Gasteiger partial charge is 0.293 e. The van der Waals surface area contributed by atoms with Gasteiger partial charge in [-0.3, -0.25) is 9.36 Å². The Morgan fingerprint density at radius 1 is 1.35 bits per heavy atom. The van der Waals surface area contributed by atoms with Gasteiger partial charge in [0.1, 0.15) is 17.3 Å². The van der Waals surface area contributed by atoms with Crippen molar-refractivity contribution in [3.8, 4) is 0 Å². The van der Waals surface area contributed by atoms with Gasteiger partial charge in [-0.25, -0.2) is 9.37 Å². The lowest BCUT2D eigenvalue weighted by atomic mass is 9.97. The Bertz CT molecular complexity index is 689. The molecule has 3 nitrogen and oxygen atoms in total. The molecular weight excluding hydrogens is 275 g/mol. The van der Waals surface area contributed by atoms with Crippen molar-refractivity contribution in [2.75, 3.05) is 6.67 Å². The number of thiophene rings is 1. The minimum absolute atomic E-state index is 0.0319. The summed E-state index contributed by atoms with van der Waals surface area (Å²) in [6.07, 6.45) is 6.00.